The molecule has 1 aliphatic carbocycles. The second kappa shape index (κ2) is 9.02. The van der Waals surface area contributed by atoms with E-state index in [0.29, 0.717) is 5.56 Å². The highest BCUT2D eigenvalue weighted by Crippen LogP contribution is 2.39. The van der Waals surface area contributed by atoms with Gasteiger partial charge in [-0.3, -0.25) is 9.59 Å². The van der Waals surface area contributed by atoms with E-state index in [1.165, 1.54) is 12.1 Å². The number of aliphatic hydroxyl groups excluding tert-OH is 4. The van der Waals surface area contributed by atoms with Gasteiger partial charge in [-0.15, -0.1) is 0 Å². The third-order valence-corrected chi connectivity index (χ3v) is 4.91. The van der Waals surface area contributed by atoms with Gasteiger partial charge in [-0.25, -0.2) is 0 Å². The molecule has 0 radical (unpaired) electrons. The SMILES string of the molecule is Cc1cc(O)c2c(c1)C(=O)c1cc(O)cc(OOC[C@@H](O)[C@@H](O)[C@H](O)[C@@H](O)C=O)c1C2=O. The third-order valence-electron chi connectivity index (χ3n) is 4.91. The van der Waals surface area contributed by atoms with Crippen LogP contribution in [0.15, 0.2) is 24.3 Å². The van der Waals surface area contributed by atoms with Gasteiger partial charge in [0.15, 0.2) is 17.8 Å². The van der Waals surface area contributed by atoms with Gasteiger partial charge < -0.3 is 40.3 Å². The topological polar surface area (TPSA) is 191 Å². The molecular weight excluding hydrogens is 428 g/mol. The van der Waals surface area contributed by atoms with Crippen LogP contribution in [0, 0.1) is 6.92 Å². The van der Waals surface area contributed by atoms with E-state index in [4.69, 9.17) is 9.78 Å². The van der Waals surface area contributed by atoms with Crippen molar-refractivity contribution in [2.24, 2.45) is 0 Å². The highest BCUT2D eigenvalue weighted by Gasteiger charge is 2.36. The minimum Gasteiger partial charge on any atom is -0.508 e. The Morgan fingerprint density at radius 1 is 0.906 bits per heavy atom. The summed E-state index contributed by atoms with van der Waals surface area (Å²) in [6.45, 7) is 0.834. The number of hydrogen-bond acceptors (Lipinski definition) is 11. The van der Waals surface area contributed by atoms with Gasteiger partial charge in [0, 0.05) is 17.2 Å². The molecule has 0 saturated carbocycles. The zero-order valence-electron chi connectivity index (χ0n) is 16.6. The van der Waals surface area contributed by atoms with E-state index in [1.807, 2.05) is 0 Å². The summed E-state index contributed by atoms with van der Waals surface area (Å²) in [4.78, 5) is 46.1. The summed E-state index contributed by atoms with van der Waals surface area (Å²) in [6.07, 6.45) is -7.78. The number of carbonyl (C=O) groups is 3. The van der Waals surface area contributed by atoms with Crippen molar-refractivity contribution in [2.75, 3.05) is 6.61 Å². The molecule has 6 N–H and O–H groups in total. The number of aliphatic hydroxyl groups is 4. The van der Waals surface area contributed by atoms with E-state index in [-0.39, 0.29) is 28.5 Å². The van der Waals surface area contributed by atoms with Crippen molar-refractivity contribution in [3.8, 4) is 17.2 Å². The van der Waals surface area contributed by atoms with Crippen LogP contribution in [0.3, 0.4) is 0 Å². The van der Waals surface area contributed by atoms with Crippen LogP contribution in [0.2, 0.25) is 0 Å². The molecule has 1 aliphatic rings. The molecule has 2 aromatic carbocycles. The Morgan fingerprint density at radius 2 is 1.56 bits per heavy atom. The number of phenols is 2. The number of aryl methyl sites for hydroxylation is 1. The number of carbonyl (C=O) groups excluding carboxylic acids is 3. The summed E-state index contributed by atoms with van der Waals surface area (Å²) in [6, 6.07) is 4.76. The lowest BCUT2D eigenvalue weighted by Crippen LogP contribution is -2.46. The first-order valence-corrected chi connectivity index (χ1v) is 9.33. The predicted molar refractivity (Wildman–Crippen MR) is 104 cm³/mol. The molecule has 11 nitrogen and oxygen atoms in total. The van der Waals surface area contributed by atoms with Crippen molar-refractivity contribution in [1.82, 2.24) is 0 Å². The third kappa shape index (κ3) is 4.20. The van der Waals surface area contributed by atoms with E-state index < -0.39 is 59.8 Å². The number of aromatic hydroxyl groups is 2. The summed E-state index contributed by atoms with van der Waals surface area (Å²) in [5.41, 5.74) is -0.244. The maximum absolute atomic E-state index is 13.0. The van der Waals surface area contributed by atoms with Gasteiger partial charge in [0.05, 0.1) is 11.1 Å². The van der Waals surface area contributed by atoms with E-state index in [2.05, 4.69) is 0 Å². The zero-order chi connectivity index (χ0) is 23.7. The van der Waals surface area contributed by atoms with Crippen LogP contribution in [0.1, 0.15) is 37.4 Å². The number of fused-ring (bicyclic) bond motifs is 2. The quantitative estimate of drug-likeness (QED) is 0.143. The number of aldehydes is 1. The number of phenolic OH excluding ortho intramolecular Hbond substituents is 2. The maximum Gasteiger partial charge on any atom is 0.202 e. The Bertz CT molecular complexity index is 1080. The van der Waals surface area contributed by atoms with Crippen LogP contribution in [0.5, 0.6) is 17.2 Å². The maximum atomic E-state index is 13.0. The molecule has 11 heteroatoms. The van der Waals surface area contributed by atoms with Crippen molar-refractivity contribution in [2.45, 2.75) is 31.3 Å². The van der Waals surface area contributed by atoms with Crippen LogP contribution in [0.25, 0.3) is 0 Å². The Morgan fingerprint density at radius 3 is 2.22 bits per heavy atom. The fourth-order valence-corrected chi connectivity index (χ4v) is 3.31. The van der Waals surface area contributed by atoms with Gasteiger partial charge >= 0.3 is 0 Å². The van der Waals surface area contributed by atoms with Crippen LogP contribution in [-0.2, 0) is 9.68 Å². The molecule has 4 atom stereocenters. The Kier molecular flexibility index (Phi) is 6.57. The van der Waals surface area contributed by atoms with E-state index in [9.17, 15) is 45.0 Å². The molecule has 0 unspecified atom stereocenters. The molecule has 0 bridgehead atoms. The van der Waals surface area contributed by atoms with E-state index in [1.54, 1.807) is 6.92 Å². The van der Waals surface area contributed by atoms with Gasteiger partial charge in [0.25, 0.3) is 0 Å². The van der Waals surface area contributed by atoms with Crippen LogP contribution in [-0.4, -0.2) is 79.5 Å². The van der Waals surface area contributed by atoms with Crippen molar-refractivity contribution >= 4 is 17.9 Å². The number of ketones is 2. The predicted octanol–water partition coefficient (Wildman–Crippen LogP) is -0.865. The van der Waals surface area contributed by atoms with Crippen molar-refractivity contribution < 1.29 is 54.8 Å². The number of benzene rings is 2. The Labute approximate surface area is 180 Å². The summed E-state index contributed by atoms with van der Waals surface area (Å²) in [7, 11) is 0. The molecular formula is C21H20O11. The molecule has 0 spiro atoms. The molecule has 32 heavy (non-hydrogen) atoms. The molecule has 0 heterocycles. The van der Waals surface area contributed by atoms with Crippen LogP contribution >= 0.6 is 0 Å². The lowest BCUT2D eigenvalue weighted by atomic mass is 9.82. The first-order valence-electron chi connectivity index (χ1n) is 9.33. The number of hydrogen-bond donors (Lipinski definition) is 6. The standard InChI is InChI=1S/C21H20O11/c1-8-2-10-16(12(24)3-8)21(30)17-11(18(10)27)4-9(23)5-15(17)32-31-7-14(26)20(29)19(28)13(25)6-22/h2-6,13-14,19-20,23-26,28-29H,7H2,1H3/t13-,14+,19+,20+/m0/s1. The average molecular weight is 448 g/mol. The van der Waals surface area contributed by atoms with Gasteiger partial charge in [0.1, 0.15) is 42.5 Å². The molecule has 0 saturated heterocycles. The lowest BCUT2D eigenvalue weighted by Gasteiger charge is -2.24. The Hall–Kier alpha value is -3.35. The monoisotopic (exact) mass is 448 g/mol. The largest absolute Gasteiger partial charge is 0.508 e. The molecule has 0 aromatic heterocycles. The van der Waals surface area contributed by atoms with E-state index >= 15 is 0 Å². The zero-order valence-corrected chi connectivity index (χ0v) is 16.6. The van der Waals surface area contributed by atoms with Gasteiger partial charge in [-0.2, -0.15) is 4.89 Å². The second-order valence-corrected chi connectivity index (χ2v) is 7.27. The molecule has 0 amide bonds. The van der Waals surface area contributed by atoms with Gasteiger partial charge in [0.2, 0.25) is 5.78 Å². The highest BCUT2D eigenvalue weighted by molar-refractivity contribution is 6.30. The molecule has 0 fully saturated rings. The fourth-order valence-electron chi connectivity index (χ4n) is 3.31. The molecule has 170 valence electrons. The Balaban J connectivity index is 1.85. The summed E-state index contributed by atoms with van der Waals surface area (Å²) >= 11 is 0. The first kappa shape index (κ1) is 23.3. The van der Waals surface area contributed by atoms with Crippen LogP contribution in [0.4, 0.5) is 0 Å². The summed E-state index contributed by atoms with van der Waals surface area (Å²) in [5, 5.41) is 58.5. The van der Waals surface area contributed by atoms with Crippen LogP contribution < -0.4 is 4.89 Å². The normalized spacial score (nSPS) is 16.5. The first-order chi connectivity index (χ1) is 15.1. The molecule has 2 aromatic rings. The molecule has 3 rings (SSSR count). The van der Waals surface area contributed by atoms with Crippen molar-refractivity contribution in [1.29, 1.82) is 0 Å². The minimum absolute atomic E-state index is 0.0334. The van der Waals surface area contributed by atoms with Crippen molar-refractivity contribution in [3.63, 3.8) is 0 Å². The highest BCUT2D eigenvalue weighted by atomic mass is 17.2. The van der Waals surface area contributed by atoms with Gasteiger partial charge in [-0.05, 0) is 30.7 Å². The fraction of sp³-hybridized carbons (Fsp3) is 0.286. The lowest BCUT2D eigenvalue weighted by molar-refractivity contribution is -0.237. The van der Waals surface area contributed by atoms with Gasteiger partial charge in [-0.1, -0.05) is 0 Å². The second-order valence-electron chi connectivity index (χ2n) is 7.27. The summed E-state index contributed by atoms with van der Waals surface area (Å²) < 4.78 is 0. The average Bonchev–Trinajstić information content (AvgIpc) is 2.74. The molecule has 0 aliphatic heterocycles. The minimum atomic E-state index is -2.00. The van der Waals surface area contributed by atoms with Crippen molar-refractivity contribution in [3.05, 3.63) is 52.1 Å². The number of rotatable bonds is 8. The summed E-state index contributed by atoms with van der Waals surface area (Å²) in [5.74, 6) is -2.66. The smallest absolute Gasteiger partial charge is 0.202 e. The van der Waals surface area contributed by atoms with E-state index in [0.717, 1.165) is 12.1 Å².